The summed E-state index contributed by atoms with van der Waals surface area (Å²) in [7, 11) is 0. The molecule has 2 heteroatoms. The first kappa shape index (κ1) is 13.6. The summed E-state index contributed by atoms with van der Waals surface area (Å²) >= 11 is 0. The SMILES string of the molecule is C#CCCCC(N)c1cccc(OCCC)c1. The number of hydrogen-bond acceptors (Lipinski definition) is 2. The van der Waals surface area contributed by atoms with Gasteiger partial charge in [0.2, 0.25) is 0 Å². The summed E-state index contributed by atoms with van der Waals surface area (Å²) in [6.45, 7) is 2.84. The number of hydrogen-bond donors (Lipinski definition) is 1. The molecule has 0 aliphatic carbocycles. The molecule has 2 N–H and O–H groups in total. The van der Waals surface area contributed by atoms with Crippen molar-refractivity contribution in [1.82, 2.24) is 0 Å². The molecule has 0 aliphatic rings. The third kappa shape index (κ3) is 4.93. The van der Waals surface area contributed by atoms with Gasteiger partial charge in [0.1, 0.15) is 5.75 Å². The molecule has 0 heterocycles. The van der Waals surface area contributed by atoms with E-state index in [1.807, 2.05) is 24.3 Å². The second-order valence-corrected chi connectivity index (χ2v) is 4.12. The first-order chi connectivity index (χ1) is 8.27. The maximum absolute atomic E-state index is 6.11. The molecule has 1 aromatic carbocycles. The molecule has 1 atom stereocenters. The average Bonchev–Trinajstić information content (AvgIpc) is 2.37. The summed E-state index contributed by atoms with van der Waals surface area (Å²) in [5.74, 6) is 3.53. The Morgan fingerprint density at radius 3 is 3.00 bits per heavy atom. The van der Waals surface area contributed by atoms with Crippen LogP contribution in [0.4, 0.5) is 0 Å². The molecule has 17 heavy (non-hydrogen) atoms. The van der Waals surface area contributed by atoms with Crippen molar-refractivity contribution in [2.45, 2.75) is 38.6 Å². The van der Waals surface area contributed by atoms with Gasteiger partial charge in [-0.3, -0.25) is 0 Å². The molecule has 0 aromatic heterocycles. The van der Waals surface area contributed by atoms with E-state index < -0.39 is 0 Å². The third-order valence-electron chi connectivity index (χ3n) is 2.60. The molecular weight excluding hydrogens is 210 g/mol. The highest BCUT2D eigenvalue weighted by molar-refractivity contribution is 5.30. The molecule has 1 rings (SSSR count). The van der Waals surface area contributed by atoms with E-state index in [0.717, 1.165) is 43.6 Å². The predicted molar refractivity (Wildman–Crippen MR) is 71.8 cm³/mol. The van der Waals surface area contributed by atoms with Crippen LogP contribution in [0.25, 0.3) is 0 Å². The summed E-state index contributed by atoms with van der Waals surface area (Å²) in [6, 6.07) is 8.07. The third-order valence-corrected chi connectivity index (χ3v) is 2.60. The lowest BCUT2D eigenvalue weighted by molar-refractivity contribution is 0.317. The lowest BCUT2D eigenvalue weighted by Gasteiger charge is -2.13. The van der Waals surface area contributed by atoms with Crippen LogP contribution in [0.15, 0.2) is 24.3 Å². The molecule has 1 unspecified atom stereocenters. The molecule has 1 aromatic rings. The summed E-state index contributed by atoms with van der Waals surface area (Å²) in [4.78, 5) is 0. The van der Waals surface area contributed by atoms with Crippen molar-refractivity contribution in [3.05, 3.63) is 29.8 Å². The van der Waals surface area contributed by atoms with Gasteiger partial charge in [0.15, 0.2) is 0 Å². The molecule has 0 aliphatic heterocycles. The van der Waals surface area contributed by atoms with Gasteiger partial charge < -0.3 is 10.5 Å². The quantitative estimate of drug-likeness (QED) is 0.577. The molecule has 0 spiro atoms. The number of terminal acetylenes is 1. The first-order valence-electron chi connectivity index (χ1n) is 6.19. The van der Waals surface area contributed by atoms with Crippen molar-refractivity contribution in [1.29, 1.82) is 0 Å². The average molecular weight is 231 g/mol. The largest absolute Gasteiger partial charge is 0.494 e. The van der Waals surface area contributed by atoms with Crippen LogP contribution in [0.3, 0.4) is 0 Å². The van der Waals surface area contributed by atoms with Crippen molar-refractivity contribution in [2.24, 2.45) is 5.73 Å². The molecule has 0 bridgehead atoms. The zero-order valence-electron chi connectivity index (χ0n) is 10.5. The van der Waals surface area contributed by atoms with E-state index in [9.17, 15) is 0 Å². The Kier molecular flexibility index (Phi) is 6.21. The maximum Gasteiger partial charge on any atom is 0.119 e. The number of unbranched alkanes of at least 4 members (excludes halogenated alkanes) is 1. The lowest BCUT2D eigenvalue weighted by Crippen LogP contribution is -2.10. The standard InChI is InChI=1S/C15H21NO/c1-3-5-6-10-15(16)13-8-7-9-14(12-13)17-11-4-2/h1,7-9,12,15H,4-6,10-11,16H2,2H3. The minimum atomic E-state index is 0.0496. The van der Waals surface area contributed by atoms with Gasteiger partial charge in [-0.15, -0.1) is 12.3 Å². The fraction of sp³-hybridized carbons (Fsp3) is 0.467. The summed E-state index contributed by atoms with van der Waals surface area (Å²) in [5.41, 5.74) is 7.23. The van der Waals surface area contributed by atoms with Crippen molar-refractivity contribution < 1.29 is 4.74 Å². The Bertz CT molecular complexity index is 367. The van der Waals surface area contributed by atoms with Crippen LogP contribution < -0.4 is 10.5 Å². The van der Waals surface area contributed by atoms with Crippen LogP contribution in [0, 0.1) is 12.3 Å². The summed E-state index contributed by atoms with van der Waals surface area (Å²) in [5, 5.41) is 0. The highest BCUT2D eigenvalue weighted by Gasteiger charge is 2.06. The van der Waals surface area contributed by atoms with Crippen molar-refractivity contribution >= 4 is 0 Å². The molecule has 0 saturated heterocycles. The van der Waals surface area contributed by atoms with E-state index in [2.05, 4.69) is 12.8 Å². The van der Waals surface area contributed by atoms with Gasteiger partial charge in [0.05, 0.1) is 6.61 Å². The van der Waals surface area contributed by atoms with E-state index >= 15 is 0 Å². The van der Waals surface area contributed by atoms with E-state index in [4.69, 9.17) is 16.9 Å². The smallest absolute Gasteiger partial charge is 0.119 e. The predicted octanol–water partition coefficient (Wildman–Crippen LogP) is 3.28. The fourth-order valence-electron chi connectivity index (χ4n) is 1.65. The van der Waals surface area contributed by atoms with E-state index in [-0.39, 0.29) is 6.04 Å². The molecule has 92 valence electrons. The Morgan fingerprint density at radius 2 is 2.29 bits per heavy atom. The molecule has 2 nitrogen and oxygen atoms in total. The Morgan fingerprint density at radius 1 is 1.47 bits per heavy atom. The van der Waals surface area contributed by atoms with Crippen LogP contribution in [0.5, 0.6) is 5.75 Å². The van der Waals surface area contributed by atoms with Gasteiger partial charge >= 0.3 is 0 Å². The second kappa shape index (κ2) is 7.76. The molecular formula is C15H21NO. The Labute approximate surface area is 104 Å². The van der Waals surface area contributed by atoms with Crippen molar-refractivity contribution in [3.8, 4) is 18.1 Å². The minimum Gasteiger partial charge on any atom is -0.494 e. The topological polar surface area (TPSA) is 35.2 Å². The van der Waals surface area contributed by atoms with Gasteiger partial charge in [0.25, 0.3) is 0 Å². The number of rotatable bonds is 7. The Hall–Kier alpha value is -1.46. The van der Waals surface area contributed by atoms with Gasteiger partial charge in [-0.25, -0.2) is 0 Å². The number of benzene rings is 1. The van der Waals surface area contributed by atoms with Gasteiger partial charge in [0, 0.05) is 12.5 Å². The number of nitrogens with two attached hydrogens (primary N) is 1. The van der Waals surface area contributed by atoms with Gasteiger partial charge in [-0.2, -0.15) is 0 Å². The van der Waals surface area contributed by atoms with Crippen LogP contribution in [-0.2, 0) is 0 Å². The lowest BCUT2D eigenvalue weighted by atomic mass is 10.0. The summed E-state index contributed by atoms with van der Waals surface area (Å²) in [6.07, 6.45) is 8.91. The highest BCUT2D eigenvalue weighted by Crippen LogP contribution is 2.21. The zero-order chi connectivity index (χ0) is 12.5. The van der Waals surface area contributed by atoms with E-state index in [1.54, 1.807) is 0 Å². The molecule has 0 fully saturated rings. The fourth-order valence-corrected chi connectivity index (χ4v) is 1.65. The maximum atomic E-state index is 6.11. The van der Waals surface area contributed by atoms with Crippen LogP contribution >= 0.6 is 0 Å². The normalized spacial score (nSPS) is 11.8. The minimum absolute atomic E-state index is 0.0496. The van der Waals surface area contributed by atoms with Crippen LogP contribution in [0.1, 0.15) is 44.2 Å². The molecule has 0 radical (unpaired) electrons. The van der Waals surface area contributed by atoms with E-state index in [1.165, 1.54) is 0 Å². The monoisotopic (exact) mass is 231 g/mol. The first-order valence-corrected chi connectivity index (χ1v) is 6.19. The highest BCUT2D eigenvalue weighted by atomic mass is 16.5. The van der Waals surface area contributed by atoms with Gasteiger partial charge in [-0.1, -0.05) is 19.1 Å². The molecule has 0 saturated carbocycles. The van der Waals surface area contributed by atoms with Crippen LogP contribution in [-0.4, -0.2) is 6.61 Å². The van der Waals surface area contributed by atoms with E-state index in [0.29, 0.717) is 0 Å². The number of ether oxygens (including phenoxy) is 1. The molecule has 0 amide bonds. The van der Waals surface area contributed by atoms with Gasteiger partial charge in [-0.05, 0) is 37.0 Å². The summed E-state index contributed by atoms with van der Waals surface area (Å²) < 4.78 is 5.58. The zero-order valence-corrected chi connectivity index (χ0v) is 10.5. The van der Waals surface area contributed by atoms with Crippen molar-refractivity contribution in [3.63, 3.8) is 0 Å². The van der Waals surface area contributed by atoms with Crippen molar-refractivity contribution in [2.75, 3.05) is 6.61 Å². The van der Waals surface area contributed by atoms with Crippen LogP contribution in [0.2, 0.25) is 0 Å². The second-order valence-electron chi connectivity index (χ2n) is 4.12. The Balaban J connectivity index is 2.54.